The molecule has 6 nitrogen and oxygen atoms in total. The van der Waals surface area contributed by atoms with Gasteiger partial charge in [-0.15, -0.1) is 0 Å². The number of aromatic nitrogens is 2. The quantitative estimate of drug-likeness (QED) is 0.613. The van der Waals surface area contributed by atoms with Crippen LogP contribution in [0.5, 0.6) is 0 Å². The van der Waals surface area contributed by atoms with Gasteiger partial charge in [0.15, 0.2) is 0 Å². The third-order valence-electron chi connectivity index (χ3n) is 5.88. The van der Waals surface area contributed by atoms with E-state index < -0.39 is 5.91 Å². The van der Waals surface area contributed by atoms with Crippen LogP contribution < -0.4 is 11.5 Å². The van der Waals surface area contributed by atoms with Crippen LogP contribution in [0, 0.1) is 0 Å². The van der Waals surface area contributed by atoms with Crippen molar-refractivity contribution < 1.29 is 9.59 Å². The Bertz CT molecular complexity index is 1140. The number of nitrogens with two attached hydrogens (primary N) is 2. The maximum absolute atomic E-state index is 12.6. The SMILES string of the molecule is CC(C)n1nc(-c2ccc(CC(=O)Cc3ccc4c(c3)CCC4)cc2)c(C(N)=O)c1N. The maximum Gasteiger partial charge on any atom is 0.254 e. The summed E-state index contributed by atoms with van der Waals surface area (Å²) in [6.07, 6.45) is 4.27. The number of Topliss-reactive ketones (excluding diaryl/α,β-unsaturated/α-hetero) is 1. The van der Waals surface area contributed by atoms with Crippen molar-refractivity contribution in [3.05, 3.63) is 70.3 Å². The molecule has 0 atom stereocenters. The Morgan fingerprint density at radius 1 is 1.00 bits per heavy atom. The molecule has 1 aromatic heterocycles. The highest BCUT2D eigenvalue weighted by Crippen LogP contribution is 2.29. The van der Waals surface area contributed by atoms with Gasteiger partial charge >= 0.3 is 0 Å². The van der Waals surface area contributed by atoms with Crippen LogP contribution in [0.15, 0.2) is 42.5 Å². The smallest absolute Gasteiger partial charge is 0.254 e. The summed E-state index contributed by atoms with van der Waals surface area (Å²) in [7, 11) is 0. The second-order valence-corrected chi connectivity index (χ2v) is 8.56. The second-order valence-electron chi connectivity index (χ2n) is 8.56. The second kappa shape index (κ2) is 8.38. The molecule has 4 rings (SSSR count). The average molecular weight is 417 g/mol. The number of anilines is 1. The number of carbonyl (C=O) groups is 2. The molecule has 1 aliphatic carbocycles. The number of aryl methyl sites for hydroxylation is 2. The van der Waals surface area contributed by atoms with Crippen LogP contribution in [0.3, 0.4) is 0 Å². The minimum Gasteiger partial charge on any atom is -0.383 e. The first-order valence-corrected chi connectivity index (χ1v) is 10.7. The average Bonchev–Trinajstić information content (AvgIpc) is 3.32. The topological polar surface area (TPSA) is 104 Å². The van der Waals surface area contributed by atoms with Crippen molar-refractivity contribution in [2.45, 2.75) is 52.0 Å². The number of primary amides is 1. The molecule has 0 bridgehead atoms. The van der Waals surface area contributed by atoms with Crippen molar-refractivity contribution >= 4 is 17.5 Å². The molecule has 0 spiro atoms. The van der Waals surface area contributed by atoms with Gasteiger partial charge in [0.1, 0.15) is 22.9 Å². The van der Waals surface area contributed by atoms with Crippen LogP contribution in [0.4, 0.5) is 5.82 Å². The number of nitrogens with zero attached hydrogens (tertiary/aromatic N) is 2. The van der Waals surface area contributed by atoms with E-state index in [1.807, 2.05) is 38.1 Å². The zero-order valence-electron chi connectivity index (χ0n) is 18.0. The number of rotatable bonds is 7. The number of fused-ring (bicyclic) bond motifs is 1. The summed E-state index contributed by atoms with van der Waals surface area (Å²) in [5.74, 6) is -0.157. The highest BCUT2D eigenvalue weighted by atomic mass is 16.1. The van der Waals surface area contributed by atoms with Crippen molar-refractivity contribution in [3.63, 3.8) is 0 Å². The summed E-state index contributed by atoms with van der Waals surface area (Å²) >= 11 is 0. The fourth-order valence-corrected chi connectivity index (χ4v) is 4.32. The van der Waals surface area contributed by atoms with E-state index in [-0.39, 0.29) is 23.2 Å². The Balaban J connectivity index is 1.49. The standard InChI is InChI=1S/C25H28N4O2/c1-15(2)29-24(26)22(25(27)31)23(28-29)19-10-6-16(7-11-19)13-21(30)14-17-8-9-18-4-3-5-20(18)12-17/h6-12,15H,3-5,13-14,26H2,1-2H3,(H2,27,31). The van der Waals surface area contributed by atoms with Crippen molar-refractivity contribution in [1.29, 1.82) is 0 Å². The molecule has 1 amide bonds. The predicted octanol–water partition coefficient (Wildman–Crippen LogP) is 3.66. The van der Waals surface area contributed by atoms with Crippen LogP contribution in [0.1, 0.15) is 58.9 Å². The molecule has 0 fully saturated rings. The molecule has 0 radical (unpaired) electrons. The molecule has 2 aromatic carbocycles. The molecule has 0 saturated heterocycles. The number of hydrogen-bond acceptors (Lipinski definition) is 4. The molecule has 4 N–H and O–H groups in total. The van der Waals surface area contributed by atoms with Gasteiger partial charge < -0.3 is 11.5 Å². The number of amides is 1. The van der Waals surface area contributed by atoms with E-state index in [0.29, 0.717) is 18.5 Å². The third kappa shape index (κ3) is 4.24. The van der Waals surface area contributed by atoms with Crippen LogP contribution in [-0.4, -0.2) is 21.5 Å². The normalized spacial score (nSPS) is 12.9. The highest BCUT2D eigenvalue weighted by molar-refractivity contribution is 6.03. The summed E-state index contributed by atoms with van der Waals surface area (Å²) in [5.41, 5.74) is 17.9. The minimum atomic E-state index is -0.604. The Morgan fingerprint density at radius 2 is 1.65 bits per heavy atom. The summed E-state index contributed by atoms with van der Waals surface area (Å²) in [6.45, 7) is 3.88. The first-order valence-electron chi connectivity index (χ1n) is 10.7. The van der Waals surface area contributed by atoms with Gasteiger partial charge in [-0.25, -0.2) is 4.68 Å². The summed E-state index contributed by atoms with van der Waals surface area (Å²) < 4.78 is 1.60. The Labute approximate surface area is 182 Å². The lowest BCUT2D eigenvalue weighted by atomic mass is 9.98. The van der Waals surface area contributed by atoms with E-state index in [4.69, 9.17) is 11.5 Å². The van der Waals surface area contributed by atoms with Crippen molar-refractivity contribution in [2.75, 3.05) is 5.73 Å². The summed E-state index contributed by atoms with van der Waals surface area (Å²) in [4.78, 5) is 24.6. The summed E-state index contributed by atoms with van der Waals surface area (Å²) in [6, 6.07) is 13.9. The van der Waals surface area contributed by atoms with E-state index >= 15 is 0 Å². The van der Waals surface area contributed by atoms with E-state index in [1.54, 1.807) is 4.68 Å². The Hall–Kier alpha value is -3.41. The molecule has 31 heavy (non-hydrogen) atoms. The maximum atomic E-state index is 12.6. The Morgan fingerprint density at radius 3 is 2.32 bits per heavy atom. The fourth-order valence-electron chi connectivity index (χ4n) is 4.32. The van der Waals surface area contributed by atoms with Gasteiger partial charge in [-0.1, -0.05) is 42.5 Å². The van der Waals surface area contributed by atoms with E-state index in [2.05, 4.69) is 23.3 Å². The molecule has 1 aliphatic rings. The molecular formula is C25H28N4O2. The highest BCUT2D eigenvalue weighted by Gasteiger charge is 2.22. The first-order chi connectivity index (χ1) is 14.8. The van der Waals surface area contributed by atoms with Crippen molar-refractivity contribution in [3.8, 4) is 11.3 Å². The Kier molecular flexibility index (Phi) is 5.63. The van der Waals surface area contributed by atoms with Gasteiger partial charge in [-0.05, 0) is 55.4 Å². The van der Waals surface area contributed by atoms with E-state index in [0.717, 1.165) is 29.5 Å². The first kappa shape index (κ1) is 20.8. The zero-order chi connectivity index (χ0) is 22.1. The zero-order valence-corrected chi connectivity index (χ0v) is 18.0. The molecule has 160 valence electrons. The van der Waals surface area contributed by atoms with Gasteiger partial charge in [0.05, 0.1) is 0 Å². The number of benzene rings is 2. The van der Waals surface area contributed by atoms with E-state index in [9.17, 15) is 9.59 Å². The number of carbonyl (C=O) groups excluding carboxylic acids is 2. The molecule has 0 unspecified atom stereocenters. The largest absolute Gasteiger partial charge is 0.383 e. The minimum absolute atomic E-state index is 0.00274. The number of hydrogen-bond donors (Lipinski definition) is 2. The van der Waals surface area contributed by atoms with Crippen LogP contribution >= 0.6 is 0 Å². The van der Waals surface area contributed by atoms with Gasteiger partial charge in [0.25, 0.3) is 5.91 Å². The number of ketones is 1. The molecular weight excluding hydrogens is 388 g/mol. The lowest BCUT2D eigenvalue weighted by Crippen LogP contribution is -2.15. The molecule has 0 aliphatic heterocycles. The van der Waals surface area contributed by atoms with Crippen LogP contribution in [0.2, 0.25) is 0 Å². The molecule has 3 aromatic rings. The van der Waals surface area contributed by atoms with Gasteiger partial charge in [0.2, 0.25) is 0 Å². The van der Waals surface area contributed by atoms with E-state index in [1.165, 1.54) is 17.5 Å². The number of nitrogen functional groups attached to an aromatic ring is 1. The van der Waals surface area contributed by atoms with Crippen LogP contribution in [0.25, 0.3) is 11.3 Å². The molecule has 0 saturated carbocycles. The molecule has 6 heteroatoms. The fraction of sp³-hybridized carbons (Fsp3) is 0.320. The van der Waals surface area contributed by atoms with Crippen molar-refractivity contribution in [1.82, 2.24) is 9.78 Å². The van der Waals surface area contributed by atoms with Gasteiger partial charge in [-0.3, -0.25) is 9.59 Å². The third-order valence-corrected chi connectivity index (χ3v) is 5.88. The predicted molar refractivity (Wildman–Crippen MR) is 122 cm³/mol. The summed E-state index contributed by atoms with van der Waals surface area (Å²) in [5, 5.41) is 4.50. The lowest BCUT2D eigenvalue weighted by Gasteiger charge is -2.07. The molecule has 1 heterocycles. The van der Waals surface area contributed by atoms with Gasteiger partial charge in [0, 0.05) is 24.4 Å². The van der Waals surface area contributed by atoms with Crippen LogP contribution in [-0.2, 0) is 30.5 Å². The monoisotopic (exact) mass is 416 g/mol. The lowest BCUT2D eigenvalue weighted by molar-refractivity contribution is -0.117. The van der Waals surface area contributed by atoms with Gasteiger partial charge in [-0.2, -0.15) is 5.10 Å². The van der Waals surface area contributed by atoms with Crippen molar-refractivity contribution in [2.24, 2.45) is 5.73 Å².